The number of hydrogen-bond donors (Lipinski definition) is 1. The number of rotatable bonds is 5. The first-order chi connectivity index (χ1) is 10.9. The molecule has 0 aliphatic rings. The van der Waals surface area contributed by atoms with E-state index in [1.165, 1.54) is 16.0 Å². The largest absolute Gasteiger partial charge is 0.463 e. The predicted molar refractivity (Wildman–Crippen MR) is 89.4 cm³/mol. The van der Waals surface area contributed by atoms with Gasteiger partial charge in [0.1, 0.15) is 11.5 Å². The molecule has 0 spiro atoms. The van der Waals surface area contributed by atoms with Crippen LogP contribution in [0.4, 0.5) is 5.82 Å². The Morgan fingerprint density at radius 2 is 2.17 bits per heavy atom. The van der Waals surface area contributed by atoms with Gasteiger partial charge in [-0.1, -0.05) is 0 Å². The highest BCUT2D eigenvalue weighted by molar-refractivity contribution is 7.93. The van der Waals surface area contributed by atoms with Crippen LogP contribution in [-0.2, 0) is 10.0 Å². The molecule has 0 aliphatic heterocycles. The Hall–Kier alpha value is -2.13. The zero-order valence-electron chi connectivity index (χ0n) is 12.8. The van der Waals surface area contributed by atoms with Crippen LogP contribution in [0.15, 0.2) is 34.3 Å². The van der Waals surface area contributed by atoms with Gasteiger partial charge < -0.3 is 4.42 Å². The van der Waals surface area contributed by atoms with E-state index in [1.807, 2.05) is 11.4 Å². The van der Waals surface area contributed by atoms with Gasteiger partial charge in [-0.05, 0) is 32.9 Å². The van der Waals surface area contributed by atoms with Gasteiger partial charge in [-0.25, -0.2) is 13.4 Å². The van der Waals surface area contributed by atoms with E-state index in [1.54, 1.807) is 39.2 Å². The predicted octanol–water partition coefficient (Wildman–Crippen LogP) is 3.05. The third-order valence-corrected chi connectivity index (χ3v) is 5.70. The molecular formula is C14H16N4O3S2. The van der Waals surface area contributed by atoms with E-state index in [2.05, 4.69) is 14.8 Å². The van der Waals surface area contributed by atoms with Gasteiger partial charge in [0.05, 0.1) is 17.2 Å². The molecule has 0 unspecified atom stereocenters. The lowest BCUT2D eigenvalue weighted by atomic mass is 10.4. The molecule has 3 aromatic heterocycles. The van der Waals surface area contributed by atoms with E-state index >= 15 is 0 Å². The Bertz CT molecular complexity index is 908. The summed E-state index contributed by atoms with van der Waals surface area (Å²) in [5.74, 6) is 1.03. The fraction of sp³-hybridized carbons (Fsp3) is 0.286. The first-order valence-corrected chi connectivity index (χ1v) is 9.37. The van der Waals surface area contributed by atoms with Gasteiger partial charge >= 0.3 is 0 Å². The van der Waals surface area contributed by atoms with Crippen molar-refractivity contribution in [2.75, 3.05) is 4.72 Å². The molecule has 0 saturated heterocycles. The Morgan fingerprint density at radius 1 is 1.39 bits per heavy atom. The number of nitrogens with zero attached hydrogens (tertiary/aromatic N) is 3. The van der Waals surface area contributed by atoms with Gasteiger partial charge in [-0.15, -0.1) is 11.3 Å². The first kappa shape index (κ1) is 15.8. The highest BCUT2D eigenvalue weighted by Crippen LogP contribution is 2.27. The molecule has 0 aliphatic carbocycles. The summed E-state index contributed by atoms with van der Waals surface area (Å²) in [4.78, 5) is 4.46. The Balaban J connectivity index is 1.98. The quantitative estimate of drug-likeness (QED) is 0.762. The number of nitrogens with one attached hydrogen (secondary N) is 1. The molecule has 0 bridgehead atoms. The molecule has 3 rings (SSSR count). The second kappa shape index (κ2) is 5.82. The van der Waals surface area contributed by atoms with Gasteiger partial charge in [-0.3, -0.25) is 4.72 Å². The molecule has 9 heteroatoms. The van der Waals surface area contributed by atoms with Crippen LogP contribution in [0.2, 0.25) is 0 Å². The molecule has 0 aromatic carbocycles. The van der Waals surface area contributed by atoms with Gasteiger partial charge in [-0.2, -0.15) is 9.78 Å². The lowest BCUT2D eigenvalue weighted by Gasteiger charge is -2.10. The van der Waals surface area contributed by atoms with E-state index in [-0.39, 0.29) is 0 Å². The van der Waals surface area contributed by atoms with Crippen molar-refractivity contribution in [3.63, 3.8) is 0 Å². The van der Waals surface area contributed by atoms with Crippen molar-refractivity contribution in [2.45, 2.75) is 26.0 Å². The third-order valence-electron chi connectivity index (χ3n) is 3.15. The van der Waals surface area contributed by atoms with Gasteiger partial charge in [0.15, 0.2) is 5.76 Å². The summed E-state index contributed by atoms with van der Waals surface area (Å²) in [5, 5.41) is 6.19. The van der Waals surface area contributed by atoms with E-state index in [9.17, 15) is 8.42 Å². The van der Waals surface area contributed by atoms with Crippen molar-refractivity contribution in [3.8, 4) is 16.6 Å². The Kier molecular flexibility index (Phi) is 3.99. The smallest absolute Gasteiger partial charge is 0.236 e. The lowest BCUT2D eigenvalue weighted by molar-refractivity contribution is 0.580. The fourth-order valence-corrected chi connectivity index (χ4v) is 3.33. The normalized spacial score (nSPS) is 12.0. The second-order valence-electron chi connectivity index (χ2n) is 5.27. The molecule has 0 atom stereocenters. The Labute approximate surface area is 138 Å². The van der Waals surface area contributed by atoms with Crippen molar-refractivity contribution in [1.29, 1.82) is 0 Å². The highest BCUT2D eigenvalue weighted by atomic mass is 32.2. The van der Waals surface area contributed by atoms with Crippen LogP contribution in [0, 0.1) is 6.92 Å². The molecule has 3 aromatic rings. The number of hydrogen-bond acceptors (Lipinski definition) is 6. The standard InChI is InChI=1S/C14H16N4O3S2/c1-9(2)23(19,20)17-13-7-10(3)16-18(13)14-15-11(8-22-14)12-5-4-6-21-12/h4-9,17H,1-3H3. The average molecular weight is 352 g/mol. The zero-order valence-corrected chi connectivity index (χ0v) is 14.5. The van der Waals surface area contributed by atoms with Crippen LogP contribution >= 0.6 is 11.3 Å². The van der Waals surface area contributed by atoms with E-state index < -0.39 is 15.3 Å². The van der Waals surface area contributed by atoms with Crippen LogP contribution in [0.5, 0.6) is 0 Å². The molecule has 122 valence electrons. The van der Waals surface area contributed by atoms with Crippen molar-refractivity contribution in [2.24, 2.45) is 0 Å². The van der Waals surface area contributed by atoms with Crippen LogP contribution in [0.3, 0.4) is 0 Å². The summed E-state index contributed by atoms with van der Waals surface area (Å²) >= 11 is 1.36. The third kappa shape index (κ3) is 3.15. The SMILES string of the molecule is Cc1cc(NS(=O)(=O)C(C)C)n(-c2nc(-c3ccco3)cs2)n1. The Morgan fingerprint density at radius 3 is 2.83 bits per heavy atom. The summed E-state index contributed by atoms with van der Waals surface area (Å²) in [6, 6.07) is 5.28. The molecule has 3 heterocycles. The second-order valence-corrected chi connectivity index (χ2v) is 8.34. The van der Waals surface area contributed by atoms with Crippen LogP contribution in [0.25, 0.3) is 16.6 Å². The number of furan rings is 1. The molecular weight excluding hydrogens is 336 g/mol. The maximum Gasteiger partial charge on any atom is 0.236 e. The topological polar surface area (TPSA) is 90.0 Å². The first-order valence-electron chi connectivity index (χ1n) is 6.95. The number of aromatic nitrogens is 3. The maximum atomic E-state index is 12.1. The van der Waals surface area contributed by atoms with Crippen molar-refractivity contribution < 1.29 is 12.8 Å². The molecule has 0 saturated carbocycles. The van der Waals surface area contributed by atoms with E-state index in [0.29, 0.717) is 28.1 Å². The number of sulfonamides is 1. The van der Waals surface area contributed by atoms with Crippen LogP contribution < -0.4 is 4.72 Å². The maximum absolute atomic E-state index is 12.1. The molecule has 0 fully saturated rings. The minimum atomic E-state index is -3.46. The lowest BCUT2D eigenvalue weighted by Crippen LogP contribution is -2.23. The zero-order chi connectivity index (χ0) is 16.6. The van der Waals surface area contributed by atoms with Crippen molar-refractivity contribution in [3.05, 3.63) is 35.5 Å². The number of aryl methyl sites for hydroxylation is 1. The molecule has 7 nitrogen and oxygen atoms in total. The summed E-state index contributed by atoms with van der Waals surface area (Å²) < 4.78 is 33.6. The van der Waals surface area contributed by atoms with E-state index in [0.717, 1.165) is 0 Å². The summed E-state index contributed by atoms with van der Waals surface area (Å²) in [6.45, 7) is 5.04. The van der Waals surface area contributed by atoms with Gasteiger partial charge in [0.2, 0.25) is 15.2 Å². The molecule has 1 N–H and O–H groups in total. The van der Waals surface area contributed by atoms with Crippen molar-refractivity contribution in [1.82, 2.24) is 14.8 Å². The van der Waals surface area contributed by atoms with E-state index in [4.69, 9.17) is 4.42 Å². The molecule has 0 radical (unpaired) electrons. The summed E-state index contributed by atoms with van der Waals surface area (Å²) in [7, 11) is -3.46. The highest BCUT2D eigenvalue weighted by Gasteiger charge is 2.20. The van der Waals surface area contributed by atoms with Gasteiger partial charge in [0, 0.05) is 11.4 Å². The molecule has 23 heavy (non-hydrogen) atoms. The average Bonchev–Trinajstić information content (AvgIpc) is 3.17. The monoisotopic (exact) mass is 352 g/mol. The number of thiazole rings is 1. The van der Waals surface area contributed by atoms with Crippen LogP contribution in [0.1, 0.15) is 19.5 Å². The van der Waals surface area contributed by atoms with Gasteiger partial charge in [0.25, 0.3) is 0 Å². The summed E-state index contributed by atoms with van der Waals surface area (Å²) in [6.07, 6.45) is 1.58. The fourth-order valence-electron chi connectivity index (χ4n) is 1.88. The summed E-state index contributed by atoms with van der Waals surface area (Å²) in [5.41, 5.74) is 1.38. The minimum Gasteiger partial charge on any atom is -0.463 e. The van der Waals surface area contributed by atoms with Crippen molar-refractivity contribution >= 4 is 27.2 Å². The number of anilines is 1. The molecule has 0 amide bonds. The van der Waals surface area contributed by atoms with Crippen LogP contribution in [-0.4, -0.2) is 28.4 Å². The minimum absolute atomic E-state index is 0.372.